The summed E-state index contributed by atoms with van der Waals surface area (Å²) < 4.78 is 0. The third-order valence-electron chi connectivity index (χ3n) is 0.906. The van der Waals surface area contributed by atoms with Gasteiger partial charge in [0.2, 0.25) is 6.08 Å². The number of rotatable bonds is 2. The summed E-state index contributed by atoms with van der Waals surface area (Å²) in [5.41, 5.74) is 1.07. The van der Waals surface area contributed by atoms with Gasteiger partial charge >= 0.3 is 0 Å². The SMILES string of the molecule is O=C=NCc1ccsc1. The van der Waals surface area contributed by atoms with Gasteiger partial charge in [-0.3, -0.25) is 0 Å². The van der Waals surface area contributed by atoms with Crippen LogP contribution >= 0.6 is 11.3 Å². The molecule has 1 heterocycles. The van der Waals surface area contributed by atoms with E-state index in [4.69, 9.17) is 0 Å². The molecule has 0 aromatic carbocycles. The molecule has 0 saturated heterocycles. The zero-order valence-electron chi connectivity index (χ0n) is 4.70. The van der Waals surface area contributed by atoms with Crippen molar-refractivity contribution in [2.45, 2.75) is 6.54 Å². The van der Waals surface area contributed by atoms with E-state index in [9.17, 15) is 4.79 Å². The number of isocyanates is 1. The summed E-state index contributed by atoms with van der Waals surface area (Å²) in [6, 6.07) is 1.94. The predicted octanol–water partition coefficient (Wildman–Crippen LogP) is 1.58. The molecular weight excluding hydrogens is 134 g/mol. The first-order valence-corrected chi connectivity index (χ1v) is 3.42. The highest BCUT2D eigenvalue weighted by molar-refractivity contribution is 7.07. The first-order valence-electron chi connectivity index (χ1n) is 2.48. The maximum absolute atomic E-state index is 9.61. The Morgan fingerprint density at radius 2 is 2.67 bits per heavy atom. The van der Waals surface area contributed by atoms with Gasteiger partial charge in [-0.15, -0.1) is 0 Å². The van der Waals surface area contributed by atoms with Crippen molar-refractivity contribution in [1.82, 2.24) is 0 Å². The van der Waals surface area contributed by atoms with E-state index < -0.39 is 0 Å². The average Bonchev–Trinajstić information content (AvgIpc) is 2.34. The number of carbonyl (C=O) groups excluding carboxylic acids is 1. The molecule has 2 nitrogen and oxygen atoms in total. The third kappa shape index (κ3) is 1.80. The fourth-order valence-electron chi connectivity index (χ4n) is 0.506. The highest BCUT2D eigenvalue weighted by Gasteiger charge is 1.86. The van der Waals surface area contributed by atoms with Gasteiger partial charge in [-0.25, -0.2) is 9.79 Å². The standard InChI is InChI=1S/C6H5NOS/c8-5-7-3-6-1-2-9-4-6/h1-2,4H,3H2. The highest BCUT2D eigenvalue weighted by atomic mass is 32.1. The van der Waals surface area contributed by atoms with Crippen LogP contribution in [0.1, 0.15) is 5.56 Å². The first kappa shape index (κ1) is 6.20. The number of hydrogen-bond acceptors (Lipinski definition) is 3. The van der Waals surface area contributed by atoms with E-state index in [1.165, 1.54) is 6.08 Å². The molecule has 0 radical (unpaired) electrons. The van der Waals surface area contributed by atoms with Crippen molar-refractivity contribution in [2.75, 3.05) is 0 Å². The summed E-state index contributed by atoms with van der Waals surface area (Å²) in [7, 11) is 0. The van der Waals surface area contributed by atoms with Crippen LogP contribution in [0.25, 0.3) is 0 Å². The molecule has 1 aromatic heterocycles. The van der Waals surface area contributed by atoms with E-state index in [0.717, 1.165) is 5.56 Å². The Morgan fingerprint density at radius 1 is 1.78 bits per heavy atom. The molecule has 3 heteroatoms. The smallest absolute Gasteiger partial charge is 0.211 e. The van der Waals surface area contributed by atoms with Gasteiger partial charge in [0.05, 0.1) is 6.54 Å². The topological polar surface area (TPSA) is 29.4 Å². The molecule has 1 rings (SSSR count). The second-order valence-electron chi connectivity index (χ2n) is 1.54. The Morgan fingerprint density at radius 3 is 3.22 bits per heavy atom. The van der Waals surface area contributed by atoms with Gasteiger partial charge in [0.1, 0.15) is 0 Å². The largest absolute Gasteiger partial charge is 0.235 e. The monoisotopic (exact) mass is 139 g/mol. The molecule has 46 valence electrons. The van der Waals surface area contributed by atoms with E-state index in [-0.39, 0.29) is 0 Å². The van der Waals surface area contributed by atoms with Crippen LogP contribution in [0.3, 0.4) is 0 Å². The number of aliphatic imine (C=N–C) groups is 1. The lowest BCUT2D eigenvalue weighted by molar-refractivity contribution is 0.563. The third-order valence-corrected chi connectivity index (χ3v) is 1.64. The van der Waals surface area contributed by atoms with Gasteiger partial charge in [0.25, 0.3) is 0 Å². The van der Waals surface area contributed by atoms with E-state index in [1.807, 2.05) is 16.8 Å². The molecule has 0 saturated carbocycles. The molecular formula is C6H5NOS. The average molecular weight is 139 g/mol. The summed E-state index contributed by atoms with van der Waals surface area (Å²) in [6.07, 6.45) is 1.49. The molecule has 0 spiro atoms. The van der Waals surface area contributed by atoms with E-state index in [2.05, 4.69) is 4.99 Å². The second kappa shape index (κ2) is 3.17. The zero-order valence-corrected chi connectivity index (χ0v) is 5.52. The summed E-state index contributed by atoms with van der Waals surface area (Å²) in [6.45, 7) is 0.465. The molecule has 0 aliphatic rings. The van der Waals surface area contributed by atoms with Crippen LogP contribution in [0.4, 0.5) is 0 Å². The Bertz CT molecular complexity index is 211. The van der Waals surface area contributed by atoms with Crippen LogP contribution in [0, 0.1) is 0 Å². The van der Waals surface area contributed by atoms with Crippen LogP contribution in [0.5, 0.6) is 0 Å². The normalized spacial score (nSPS) is 8.44. The zero-order chi connectivity index (χ0) is 6.53. The fourth-order valence-corrected chi connectivity index (χ4v) is 1.17. The molecule has 0 unspecified atom stereocenters. The maximum Gasteiger partial charge on any atom is 0.235 e. The van der Waals surface area contributed by atoms with Crippen molar-refractivity contribution >= 4 is 17.4 Å². The number of thiophene rings is 1. The Kier molecular flexibility index (Phi) is 2.19. The van der Waals surface area contributed by atoms with Crippen molar-refractivity contribution in [3.63, 3.8) is 0 Å². The molecule has 9 heavy (non-hydrogen) atoms. The van der Waals surface area contributed by atoms with Gasteiger partial charge in [-0.05, 0) is 22.4 Å². The minimum atomic E-state index is 0.465. The van der Waals surface area contributed by atoms with E-state index in [0.29, 0.717) is 6.54 Å². The van der Waals surface area contributed by atoms with Crippen LogP contribution < -0.4 is 0 Å². The van der Waals surface area contributed by atoms with Gasteiger partial charge < -0.3 is 0 Å². The Balaban J connectivity index is 2.57. The van der Waals surface area contributed by atoms with Gasteiger partial charge in [-0.1, -0.05) is 0 Å². The second-order valence-corrected chi connectivity index (χ2v) is 2.32. The fraction of sp³-hybridized carbons (Fsp3) is 0.167. The van der Waals surface area contributed by atoms with Crippen molar-refractivity contribution in [1.29, 1.82) is 0 Å². The molecule has 0 aliphatic heterocycles. The van der Waals surface area contributed by atoms with Crippen molar-refractivity contribution in [3.05, 3.63) is 22.4 Å². The summed E-state index contributed by atoms with van der Waals surface area (Å²) in [5, 5.41) is 3.91. The van der Waals surface area contributed by atoms with Crippen LogP contribution in [0.2, 0.25) is 0 Å². The summed E-state index contributed by atoms with van der Waals surface area (Å²) >= 11 is 1.60. The number of hydrogen-bond donors (Lipinski definition) is 0. The Labute approximate surface area is 56.9 Å². The molecule has 0 atom stereocenters. The minimum Gasteiger partial charge on any atom is -0.211 e. The Hall–Kier alpha value is -0.920. The van der Waals surface area contributed by atoms with Crippen LogP contribution in [0.15, 0.2) is 21.8 Å². The summed E-state index contributed by atoms with van der Waals surface area (Å²) in [5.74, 6) is 0. The molecule has 0 N–H and O–H groups in total. The lowest BCUT2D eigenvalue weighted by Crippen LogP contribution is -1.71. The van der Waals surface area contributed by atoms with Gasteiger partial charge in [-0.2, -0.15) is 11.3 Å². The first-order chi connectivity index (χ1) is 4.43. The maximum atomic E-state index is 9.61. The van der Waals surface area contributed by atoms with Crippen LogP contribution in [-0.2, 0) is 11.3 Å². The van der Waals surface area contributed by atoms with E-state index >= 15 is 0 Å². The van der Waals surface area contributed by atoms with Crippen LogP contribution in [-0.4, -0.2) is 6.08 Å². The molecule has 0 fully saturated rings. The highest BCUT2D eigenvalue weighted by Crippen LogP contribution is 2.05. The lowest BCUT2D eigenvalue weighted by Gasteiger charge is -1.80. The predicted molar refractivity (Wildman–Crippen MR) is 36.1 cm³/mol. The van der Waals surface area contributed by atoms with E-state index in [1.54, 1.807) is 11.3 Å². The lowest BCUT2D eigenvalue weighted by atomic mass is 10.3. The van der Waals surface area contributed by atoms with Crippen molar-refractivity contribution in [3.8, 4) is 0 Å². The van der Waals surface area contributed by atoms with Gasteiger partial charge in [0, 0.05) is 0 Å². The molecule has 0 amide bonds. The van der Waals surface area contributed by atoms with Crippen molar-refractivity contribution < 1.29 is 4.79 Å². The molecule has 0 aliphatic carbocycles. The molecule has 1 aromatic rings. The van der Waals surface area contributed by atoms with Gasteiger partial charge in [0.15, 0.2) is 0 Å². The summed E-state index contributed by atoms with van der Waals surface area (Å²) in [4.78, 5) is 13.0. The minimum absolute atomic E-state index is 0.465. The van der Waals surface area contributed by atoms with Crippen molar-refractivity contribution in [2.24, 2.45) is 4.99 Å². The number of nitrogens with zero attached hydrogens (tertiary/aromatic N) is 1. The quantitative estimate of drug-likeness (QED) is 0.452. The molecule has 0 bridgehead atoms.